The van der Waals surface area contributed by atoms with Crippen LogP contribution in [0.25, 0.3) is 0 Å². The molecule has 0 fully saturated rings. The molecule has 102 valence electrons. The van der Waals surface area contributed by atoms with Crippen LogP contribution in [0.15, 0.2) is 10.9 Å². The van der Waals surface area contributed by atoms with E-state index in [2.05, 4.69) is 9.97 Å². The lowest BCUT2D eigenvalue weighted by Crippen LogP contribution is -2.44. The van der Waals surface area contributed by atoms with E-state index in [1.807, 2.05) is 27.7 Å². The second-order valence-electron chi connectivity index (χ2n) is 4.98. The van der Waals surface area contributed by atoms with Crippen LogP contribution in [-0.4, -0.2) is 22.1 Å². The highest BCUT2D eigenvalue weighted by atomic mass is 16.5. The number of hydrogen-bond acceptors (Lipinski definition) is 4. The number of aromatic amines is 1. The molecule has 0 radical (unpaired) electrons. The minimum absolute atomic E-state index is 0.154. The Hall–Kier alpha value is -1.36. The Labute approximate surface area is 108 Å². The highest BCUT2D eigenvalue weighted by Gasteiger charge is 2.21. The Balaban J connectivity index is 2.82. The average molecular weight is 253 g/mol. The lowest BCUT2D eigenvalue weighted by molar-refractivity contribution is 0.199. The number of H-pyrrole nitrogens is 1. The van der Waals surface area contributed by atoms with Gasteiger partial charge in [-0.15, -0.1) is 0 Å². The summed E-state index contributed by atoms with van der Waals surface area (Å²) in [6.07, 6.45) is 1.65. The molecule has 1 rings (SSSR count). The van der Waals surface area contributed by atoms with Gasteiger partial charge in [-0.05, 0) is 12.8 Å². The van der Waals surface area contributed by atoms with Gasteiger partial charge < -0.3 is 15.5 Å². The van der Waals surface area contributed by atoms with Gasteiger partial charge in [0.2, 0.25) is 5.88 Å². The van der Waals surface area contributed by atoms with Crippen LogP contribution in [-0.2, 0) is 0 Å². The topological polar surface area (TPSA) is 81.0 Å². The quantitative estimate of drug-likeness (QED) is 0.810. The Morgan fingerprint density at radius 2 is 2.06 bits per heavy atom. The molecular formula is C13H23N3O2. The zero-order valence-electron chi connectivity index (χ0n) is 11.6. The summed E-state index contributed by atoms with van der Waals surface area (Å²) < 4.78 is 5.57. The normalized spacial score (nSPS) is 11.9. The fraction of sp³-hybridized carbons (Fsp3) is 0.692. The number of ether oxygens (including phenoxy) is 1. The maximum Gasteiger partial charge on any atom is 0.254 e. The molecule has 0 bridgehead atoms. The minimum atomic E-state index is -0.359. The summed E-state index contributed by atoms with van der Waals surface area (Å²) in [5, 5.41) is 0. The number of nitrogens with two attached hydrogens (primary N) is 1. The third kappa shape index (κ3) is 3.84. The third-order valence-electron chi connectivity index (χ3n) is 3.20. The highest BCUT2D eigenvalue weighted by Crippen LogP contribution is 2.15. The molecule has 0 aliphatic rings. The summed E-state index contributed by atoms with van der Waals surface area (Å²) in [4.78, 5) is 18.4. The monoisotopic (exact) mass is 253 g/mol. The second-order valence-corrected chi connectivity index (χ2v) is 4.98. The van der Waals surface area contributed by atoms with E-state index in [1.54, 1.807) is 0 Å². The van der Waals surface area contributed by atoms with Crippen molar-refractivity contribution in [2.24, 2.45) is 5.73 Å². The first-order chi connectivity index (χ1) is 8.40. The molecule has 18 heavy (non-hydrogen) atoms. The summed E-state index contributed by atoms with van der Waals surface area (Å²) in [7, 11) is 0. The molecule has 0 saturated heterocycles. The van der Waals surface area contributed by atoms with E-state index in [0.717, 1.165) is 12.8 Å². The van der Waals surface area contributed by atoms with Crippen molar-refractivity contribution >= 4 is 0 Å². The van der Waals surface area contributed by atoms with Gasteiger partial charge in [0.1, 0.15) is 12.4 Å². The SMILES string of the molecule is CCC(N)(CC)COc1cc(=O)[nH]c(C(C)C)n1. The van der Waals surface area contributed by atoms with Gasteiger partial charge in [-0.25, -0.2) is 0 Å². The van der Waals surface area contributed by atoms with E-state index in [9.17, 15) is 4.79 Å². The lowest BCUT2D eigenvalue weighted by Gasteiger charge is -2.26. The van der Waals surface area contributed by atoms with Gasteiger partial charge in [-0.3, -0.25) is 4.79 Å². The van der Waals surface area contributed by atoms with E-state index < -0.39 is 0 Å². The standard InChI is InChI=1S/C13H23N3O2/c1-5-13(14,6-2)8-18-11-7-10(17)15-12(16-11)9(3)4/h7,9H,5-6,8,14H2,1-4H3,(H,15,16,17). The van der Waals surface area contributed by atoms with Crippen LogP contribution in [0.5, 0.6) is 5.88 Å². The Bertz CT molecular complexity index is 436. The highest BCUT2D eigenvalue weighted by molar-refractivity contribution is 5.11. The summed E-state index contributed by atoms with van der Waals surface area (Å²) in [6, 6.07) is 1.36. The van der Waals surface area contributed by atoms with Crippen LogP contribution >= 0.6 is 0 Å². The second kappa shape index (κ2) is 6.00. The zero-order chi connectivity index (χ0) is 13.8. The largest absolute Gasteiger partial charge is 0.476 e. The van der Waals surface area contributed by atoms with Gasteiger partial charge in [0.05, 0.1) is 6.07 Å². The van der Waals surface area contributed by atoms with E-state index in [4.69, 9.17) is 10.5 Å². The van der Waals surface area contributed by atoms with Gasteiger partial charge in [-0.2, -0.15) is 4.98 Å². The molecule has 0 aromatic carbocycles. The van der Waals surface area contributed by atoms with Crippen molar-refractivity contribution < 1.29 is 4.74 Å². The van der Waals surface area contributed by atoms with Crippen molar-refractivity contribution in [3.8, 4) is 5.88 Å². The van der Waals surface area contributed by atoms with E-state index in [-0.39, 0.29) is 17.0 Å². The third-order valence-corrected chi connectivity index (χ3v) is 3.20. The molecule has 0 aliphatic heterocycles. The average Bonchev–Trinajstić information content (AvgIpc) is 2.35. The predicted molar refractivity (Wildman–Crippen MR) is 71.9 cm³/mol. The van der Waals surface area contributed by atoms with Crippen LogP contribution in [0.1, 0.15) is 52.3 Å². The molecule has 0 saturated carbocycles. The Morgan fingerprint density at radius 1 is 1.44 bits per heavy atom. The van der Waals surface area contributed by atoms with E-state index >= 15 is 0 Å². The van der Waals surface area contributed by atoms with Crippen molar-refractivity contribution in [2.45, 2.75) is 52.0 Å². The number of hydrogen-bond donors (Lipinski definition) is 2. The first kappa shape index (κ1) is 14.7. The van der Waals surface area contributed by atoms with Gasteiger partial charge in [-0.1, -0.05) is 27.7 Å². The first-order valence-corrected chi connectivity index (χ1v) is 6.43. The molecule has 0 aliphatic carbocycles. The zero-order valence-corrected chi connectivity index (χ0v) is 11.6. The minimum Gasteiger partial charge on any atom is -0.476 e. The van der Waals surface area contributed by atoms with E-state index in [1.165, 1.54) is 6.07 Å². The van der Waals surface area contributed by atoms with Crippen molar-refractivity contribution in [1.29, 1.82) is 0 Å². The Morgan fingerprint density at radius 3 is 2.56 bits per heavy atom. The summed E-state index contributed by atoms with van der Waals surface area (Å²) >= 11 is 0. The van der Waals surface area contributed by atoms with Crippen LogP contribution in [0.2, 0.25) is 0 Å². The summed E-state index contributed by atoms with van der Waals surface area (Å²) in [5.41, 5.74) is 5.59. The molecule has 5 heteroatoms. The van der Waals surface area contributed by atoms with Crippen molar-refractivity contribution in [3.05, 3.63) is 22.2 Å². The maximum absolute atomic E-state index is 11.5. The maximum atomic E-state index is 11.5. The van der Waals surface area contributed by atoms with E-state index in [0.29, 0.717) is 18.3 Å². The molecule has 3 N–H and O–H groups in total. The molecule has 1 heterocycles. The van der Waals surface area contributed by atoms with Crippen LogP contribution < -0.4 is 16.0 Å². The lowest BCUT2D eigenvalue weighted by atomic mass is 9.96. The van der Waals surface area contributed by atoms with Crippen molar-refractivity contribution in [2.75, 3.05) is 6.61 Å². The Kier molecular flexibility index (Phi) is 4.90. The van der Waals surface area contributed by atoms with Crippen LogP contribution in [0.3, 0.4) is 0 Å². The van der Waals surface area contributed by atoms with Gasteiger partial charge in [0.15, 0.2) is 0 Å². The number of nitrogens with zero attached hydrogens (tertiary/aromatic N) is 1. The molecule has 0 atom stereocenters. The summed E-state index contributed by atoms with van der Waals surface area (Å²) in [6.45, 7) is 8.35. The molecule has 0 spiro atoms. The molecule has 5 nitrogen and oxygen atoms in total. The fourth-order valence-electron chi connectivity index (χ4n) is 1.47. The molecule has 0 amide bonds. The fourth-order valence-corrected chi connectivity index (χ4v) is 1.47. The van der Waals surface area contributed by atoms with Crippen LogP contribution in [0.4, 0.5) is 0 Å². The first-order valence-electron chi connectivity index (χ1n) is 6.43. The van der Waals surface area contributed by atoms with Gasteiger partial charge >= 0.3 is 0 Å². The molecular weight excluding hydrogens is 230 g/mol. The van der Waals surface area contributed by atoms with Crippen molar-refractivity contribution in [3.63, 3.8) is 0 Å². The number of rotatable bonds is 6. The molecule has 1 aromatic heterocycles. The van der Waals surface area contributed by atoms with Crippen molar-refractivity contribution in [1.82, 2.24) is 9.97 Å². The van der Waals surface area contributed by atoms with Gasteiger partial charge in [0, 0.05) is 11.5 Å². The predicted octanol–water partition coefficient (Wildman–Crippen LogP) is 1.79. The van der Waals surface area contributed by atoms with Crippen LogP contribution in [0, 0.1) is 0 Å². The smallest absolute Gasteiger partial charge is 0.254 e. The summed E-state index contributed by atoms with van der Waals surface area (Å²) in [5.74, 6) is 1.13. The number of nitrogens with one attached hydrogen (secondary N) is 1. The molecule has 0 unspecified atom stereocenters. The number of aromatic nitrogens is 2. The molecule has 1 aromatic rings. The van der Waals surface area contributed by atoms with Gasteiger partial charge in [0.25, 0.3) is 5.56 Å².